The first-order valence-electron chi connectivity index (χ1n) is 9.07. The molecule has 3 rings (SSSR count). The number of carbonyl (C=O) groups is 1. The molecule has 0 aromatic heterocycles. The molecule has 23 heavy (non-hydrogen) atoms. The molecule has 0 radical (unpaired) electrons. The maximum atomic E-state index is 13.2. The summed E-state index contributed by atoms with van der Waals surface area (Å²) in [7, 11) is 0. The van der Waals surface area contributed by atoms with Crippen LogP contribution in [0.5, 0.6) is 0 Å². The Morgan fingerprint density at radius 1 is 1.26 bits per heavy atom. The van der Waals surface area contributed by atoms with Crippen molar-refractivity contribution < 1.29 is 21.7 Å². The minimum atomic E-state index is -1.73. The molecule has 0 spiro atoms. The summed E-state index contributed by atoms with van der Waals surface area (Å²) in [5.41, 5.74) is 4.41. The van der Waals surface area contributed by atoms with E-state index in [4.69, 9.17) is 0 Å². The third-order valence-corrected chi connectivity index (χ3v) is 18.4. The first-order chi connectivity index (χ1) is 10.7. The van der Waals surface area contributed by atoms with Crippen molar-refractivity contribution in [3.05, 3.63) is 22.8 Å². The van der Waals surface area contributed by atoms with Crippen LogP contribution in [0.1, 0.15) is 59.8 Å². The summed E-state index contributed by atoms with van der Waals surface area (Å²) in [6.45, 7) is 14.0. The van der Waals surface area contributed by atoms with Gasteiger partial charge in [-0.1, -0.05) is 0 Å². The van der Waals surface area contributed by atoms with Gasteiger partial charge in [-0.3, -0.25) is 0 Å². The zero-order chi connectivity index (χ0) is 17.0. The number of hydrogen-bond acceptors (Lipinski definition) is 1. The van der Waals surface area contributed by atoms with Crippen LogP contribution in [0.3, 0.4) is 0 Å². The number of amides is 1. The van der Waals surface area contributed by atoms with Gasteiger partial charge < -0.3 is 0 Å². The average molecular weight is 365 g/mol. The van der Waals surface area contributed by atoms with Crippen LogP contribution in [-0.2, 0) is 21.7 Å². The fraction of sp³-hybridized carbons (Fsp3) is 0.737. The Balaban J connectivity index is 1.91. The average Bonchev–Trinajstić information content (AvgIpc) is 3.16. The van der Waals surface area contributed by atoms with Crippen molar-refractivity contribution in [1.29, 1.82) is 0 Å². The van der Waals surface area contributed by atoms with E-state index in [0.29, 0.717) is 5.91 Å². The van der Waals surface area contributed by atoms with Gasteiger partial charge in [-0.2, -0.15) is 0 Å². The third kappa shape index (κ3) is 2.77. The monoisotopic (exact) mass is 365 g/mol. The van der Waals surface area contributed by atoms with Crippen molar-refractivity contribution in [2.45, 2.75) is 76.6 Å². The number of carbonyl (C=O) groups excluding carboxylic acids is 1. The van der Waals surface area contributed by atoms with E-state index in [1.54, 1.807) is 0 Å². The Kier molecular flexibility index (Phi) is 4.62. The van der Waals surface area contributed by atoms with Gasteiger partial charge in [0.15, 0.2) is 0 Å². The number of nitrogens with one attached hydrogen (secondary N) is 1. The van der Waals surface area contributed by atoms with Crippen LogP contribution in [0.25, 0.3) is 0 Å². The summed E-state index contributed by atoms with van der Waals surface area (Å²) in [4.78, 5) is 13.2. The van der Waals surface area contributed by atoms with Gasteiger partial charge in [0.25, 0.3) is 0 Å². The second-order valence-corrected chi connectivity index (χ2v) is 20.5. The molecule has 2 saturated carbocycles. The number of fused-ring (bicyclic) bond motifs is 2. The Hall–Kier alpha value is -0.119. The van der Waals surface area contributed by atoms with Crippen molar-refractivity contribution in [1.82, 2.24) is 3.80 Å². The summed E-state index contributed by atoms with van der Waals surface area (Å²) in [5, 5.41) is 0. The molecule has 0 aromatic carbocycles. The maximum absolute atomic E-state index is 13.2. The van der Waals surface area contributed by atoms with Crippen LogP contribution in [0, 0.1) is 11.3 Å². The topological polar surface area (TPSA) is 29.1 Å². The molecular formula is C19H31NOSiTi. The van der Waals surface area contributed by atoms with Gasteiger partial charge >= 0.3 is 148 Å². The van der Waals surface area contributed by atoms with Gasteiger partial charge in [-0.05, 0) is 0 Å². The fourth-order valence-corrected chi connectivity index (χ4v) is 16.6. The molecule has 1 N–H and O–H groups in total. The third-order valence-electron chi connectivity index (χ3n) is 6.92. The van der Waals surface area contributed by atoms with Crippen LogP contribution < -0.4 is 3.80 Å². The molecule has 3 aliphatic carbocycles. The molecule has 1 atom stereocenters. The second-order valence-electron chi connectivity index (χ2n) is 8.54. The Morgan fingerprint density at radius 3 is 2.26 bits per heavy atom. The summed E-state index contributed by atoms with van der Waals surface area (Å²) in [6.07, 6.45) is 8.02. The van der Waals surface area contributed by atoms with E-state index in [1.807, 2.05) is 0 Å². The number of rotatable bonds is 3. The molecule has 0 aliphatic heterocycles. The van der Waals surface area contributed by atoms with E-state index in [1.165, 1.54) is 36.0 Å². The zero-order valence-electron chi connectivity index (χ0n) is 15.6. The van der Waals surface area contributed by atoms with Crippen molar-refractivity contribution >= 4 is 12.1 Å². The van der Waals surface area contributed by atoms with Crippen molar-refractivity contribution in [2.75, 3.05) is 0 Å². The standard InChI is InChI=1S/C9H13.C8H13NO.C2H6Si.Ti/c1-6-5-7(2)9(4)8(6)3;9-7(10)8-3-1-6(5-8)2-4-8;1-3-2;/h5H,1-4H3;6H,1-5H2,(H2,9,10);1-2H3;/q;;;+1/p-1. The summed E-state index contributed by atoms with van der Waals surface area (Å²) >= 11 is -1.73. The molecule has 2 nitrogen and oxygen atoms in total. The first kappa shape index (κ1) is 17.7. The molecular weight excluding hydrogens is 334 g/mol. The van der Waals surface area contributed by atoms with Gasteiger partial charge in [0, 0.05) is 0 Å². The van der Waals surface area contributed by atoms with Crippen LogP contribution >= 0.6 is 0 Å². The normalized spacial score (nSPS) is 35.6. The molecule has 4 heteroatoms. The van der Waals surface area contributed by atoms with Gasteiger partial charge in [0.05, 0.1) is 0 Å². The molecule has 3 aliphatic rings. The van der Waals surface area contributed by atoms with Crippen LogP contribution in [0.15, 0.2) is 22.8 Å². The fourth-order valence-electron chi connectivity index (χ4n) is 5.13. The van der Waals surface area contributed by atoms with Crippen LogP contribution in [0.2, 0.25) is 16.8 Å². The van der Waals surface area contributed by atoms with Crippen LogP contribution in [0.4, 0.5) is 0 Å². The molecule has 2 fully saturated rings. The Labute approximate surface area is 148 Å². The van der Waals surface area contributed by atoms with Crippen molar-refractivity contribution in [3.63, 3.8) is 0 Å². The van der Waals surface area contributed by atoms with Crippen LogP contribution in [-0.4, -0.2) is 12.1 Å². The van der Waals surface area contributed by atoms with Gasteiger partial charge in [0.1, 0.15) is 0 Å². The summed E-state index contributed by atoms with van der Waals surface area (Å²) < 4.78 is 3.89. The van der Waals surface area contributed by atoms with E-state index in [0.717, 1.165) is 18.8 Å². The van der Waals surface area contributed by atoms with Gasteiger partial charge in [-0.15, -0.1) is 0 Å². The minimum absolute atomic E-state index is 0.0145. The summed E-state index contributed by atoms with van der Waals surface area (Å²) in [6, 6.07) is 0. The molecule has 0 saturated heterocycles. The van der Waals surface area contributed by atoms with E-state index < -0.39 is 23.0 Å². The van der Waals surface area contributed by atoms with Gasteiger partial charge in [-0.25, -0.2) is 0 Å². The predicted octanol–water partition coefficient (Wildman–Crippen LogP) is 4.94. The van der Waals surface area contributed by atoms with Gasteiger partial charge in [0.2, 0.25) is 0 Å². The van der Waals surface area contributed by atoms with E-state index in [9.17, 15) is 4.79 Å². The van der Waals surface area contributed by atoms with E-state index in [-0.39, 0.29) is 9.13 Å². The molecule has 0 aromatic rings. The SMILES string of the molecule is CC1=C[C](C)([Ti]([NH]C(=O)C23CCC(CC2)C3)=[Si](C)C)C(C)=C1C. The van der Waals surface area contributed by atoms with E-state index >= 15 is 0 Å². The molecule has 1 unspecified atom stereocenters. The zero-order valence-corrected chi connectivity index (χ0v) is 18.2. The number of allylic oxidation sites excluding steroid dienone is 4. The molecule has 126 valence electrons. The molecule has 1 amide bonds. The van der Waals surface area contributed by atoms with Crippen molar-refractivity contribution in [2.24, 2.45) is 11.3 Å². The van der Waals surface area contributed by atoms with Crippen molar-refractivity contribution in [3.8, 4) is 0 Å². The quantitative estimate of drug-likeness (QED) is 0.705. The predicted molar refractivity (Wildman–Crippen MR) is 95.1 cm³/mol. The number of hydrogen-bond donors (Lipinski definition) is 1. The molecule has 0 heterocycles. The molecule has 2 bridgehead atoms. The summed E-state index contributed by atoms with van der Waals surface area (Å²) in [5.74, 6) is 1.27. The second kappa shape index (κ2) is 6.00. The first-order valence-corrected chi connectivity index (χ1v) is 15.5. The Bertz CT molecular complexity index is 648. The van der Waals surface area contributed by atoms with E-state index in [2.05, 4.69) is 50.7 Å². The Morgan fingerprint density at radius 2 is 1.87 bits per heavy atom.